The van der Waals surface area contributed by atoms with E-state index in [1.54, 1.807) is 0 Å². The molecule has 1 rings (SSSR count). The molecule has 1 saturated carbocycles. The van der Waals surface area contributed by atoms with Gasteiger partial charge < -0.3 is 9.47 Å². The summed E-state index contributed by atoms with van der Waals surface area (Å²) >= 11 is 0. The molecule has 4 nitrogen and oxygen atoms in total. The Morgan fingerprint density at radius 1 is 0.720 bits per heavy atom. The van der Waals surface area contributed by atoms with Gasteiger partial charge in [0.25, 0.3) is 0 Å². The number of ether oxygens (including phenoxy) is 2. The highest BCUT2D eigenvalue weighted by atomic mass is 16.6. The van der Waals surface area contributed by atoms with Crippen molar-refractivity contribution >= 4 is 11.9 Å². The van der Waals surface area contributed by atoms with Crippen LogP contribution in [-0.2, 0) is 19.1 Å². The van der Waals surface area contributed by atoms with Gasteiger partial charge in [-0.25, -0.2) is 9.59 Å². The fraction of sp³-hybridized carbons (Fsp3) is 0.905. The lowest BCUT2D eigenvalue weighted by molar-refractivity contribution is -0.173. The van der Waals surface area contributed by atoms with E-state index in [0.29, 0.717) is 6.61 Å². The van der Waals surface area contributed by atoms with Gasteiger partial charge in [0.05, 0.1) is 6.61 Å². The van der Waals surface area contributed by atoms with E-state index in [1.807, 2.05) is 0 Å². The lowest BCUT2D eigenvalue weighted by atomic mass is 9.96. The van der Waals surface area contributed by atoms with Crippen molar-refractivity contribution in [2.24, 2.45) is 0 Å². The van der Waals surface area contributed by atoms with Crippen molar-refractivity contribution < 1.29 is 19.1 Å². The van der Waals surface area contributed by atoms with Crippen LogP contribution in [-0.4, -0.2) is 24.6 Å². The van der Waals surface area contributed by atoms with Crippen LogP contribution in [0.3, 0.4) is 0 Å². The molecule has 0 heterocycles. The predicted molar refractivity (Wildman–Crippen MR) is 100 cm³/mol. The second kappa shape index (κ2) is 15.2. The molecule has 0 N–H and O–H groups in total. The molecule has 1 aliphatic carbocycles. The first kappa shape index (κ1) is 22.0. The first-order chi connectivity index (χ1) is 12.2. The maximum absolute atomic E-state index is 11.4. The number of hydrogen-bond donors (Lipinski definition) is 0. The van der Waals surface area contributed by atoms with Crippen LogP contribution in [0.25, 0.3) is 0 Å². The molecular weight excluding hydrogens is 316 g/mol. The minimum absolute atomic E-state index is 0.0589. The normalized spacial score (nSPS) is 14.1. The summed E-state index contributed by atoms with van der Waals surface area (Å²) in [6.07, 6.45) is 19.4. The Morgan fingerprint density at radius 3 is 1.64 bits per heavy atom. The quantitative estimate of drug-likeness (QED) is 0.214. The first-order valence-electron chi connectivity index (χ1n) is 10.6. The van der Waals surface area contributed by atoms with Crippen LogP contribution >= 0.6 is 0 Å². The van der Waals surface area contributed by atoms with Gasteiger partial charge in [0.15, 0.2) is 0 Å². The smallest absolute Gasteiger partial charge is 0.417 e. The fourth-order valence-electron chi connectivity index (χ4n) is 3.03. The van der Waals surface area contributed by atoms with Crippen LogP contribution in [0, 0.1) is 0 Å². The summed E-state index contributed by atoms with van der Waals surface area (Å²) in [5.74, 6) is -1.65. The van der Waals surface area contributed by atoms with Crippen LogP contribution in [0.1, 0.15) is 110 Å². The number of unbranched alkanes of at least 4 members (excludes halogenated alkanes) is 12. The maximum atomic E-state index is 11.4. The van der Waals surface area contributed by atoms with Gasteiger partial charge in [0.1, 0.15) is 6.10 Å². The largest absolute Gasteiger partial charge is 0.457 e. The van der Waals surface area contributed by atoms with E-state index in [0.717, 1.165) is 32.1 Å². The number of rotatable bonds is 15. The molecular formula is C21H38O4. The topological polar surface area (TPSA) is 52.6 Å². The summed E-state index contributed by atoms with van der Waals surface area (Å²) in [7, 11) is 0. The molecule has 146 valence electrons. The van der Waals surface area contributed by atoms with Gasteiger partial charge in [0, 0.05) is 0 Å². The van der Waals surface area contributed by atoms with Gasteiger partial charge in [-0.15, -0.1) is 0 Å². The Labute approximate surface area is 154 Å². The van der Waals surface area contributed by atoms with E-state index in [2.05, 4.69) is 6.92 Å². The number of carbonyl (C=O) groups is 2. The summed E-state index contributed by atoms with van der Waals surface area (Å²) in [6.45, 7) is 2.59. The van der Waals surface area contributed by atoms with E-state index in [1.165, 1.54) is 70.6 Å². The lowest BCUT2D eigenvalue weighted by Crippen LogP contribution is -2.30. The third kappa shape index (κ3) is 12.0. The number of hydrogen-bond acceptors (Lipinski definition) is 4. The first-order valence-corrected chi connectivity index (χ1v) is 10.6. The van der Waals surface area contributed by atoms with Gasteiger partial charge in [-0.1, -0.05) is 84.0 Å². The van der Waals surface area contributed by atoms with Crippen molar-refractivity contribution in [3.63, 3.8) is 0 Å². The highest BCUT2D eigenvalue weighted by Crippen LogP contribution is 2.22. The molecule has 0 amide bonds. The van der Waals surface area contributed by atoms with E-state index in [4.69, 9.17) is 9.47 Å². The molecule has 1 fully saturated rings. The van der Waals surface area contributed by atoms with Crippen LogP contribution in [0.2, 0.25) is 0 Å². The molecule has 0 atom stereocenters. The van der Waals surface area contributed by atoms with E-state index >= 15 is 0 Å². The van der Waals surface area contributed by atoms with E-state index in [9.17, 15) is 9.59 Å². The molecule has 0 saturated heterocycles. The summed E-state index contributed by atoms with van der Waals surface area (Å²) in [5.41, 5.74) is 0. The molecule has 0 bridgehead atoms. The highest BCUT2D eigenvalue weighted by molar-refractivity contribution is 6.29. The average Bonchev–Trinajstić information content (AvgIpc) is 2.58. The van der Waals surface area contributed by atoms with Gasteiger partial charge >= 0.3 is 11.9 Å². The van der Waals surface area contributed by atoms with Gasteiger partial charge in [0.2, 0.25) is 0 Å². The lowest BCUT2D eigenvalue weighted by Gasteiger charge is -2.24. The molecule has 0 aromatic heterocycles. The zero-order chi connectivity index (χ0) is 18.2. The molecule has 0 spiro atoms. The third-order valence-electron chi connectivity index (χ3n) is 4.97. The standard InChI is InChI=1S/C21H38O4/c1-2-3-4-5-6-7-8-9-10-11-12-13-14-18-24-20(22)21(23)25-19-16-15-17-19/h19H,2-18H2,1H3. The molecule has 4 heteroatoms. The Kier molecular flexibility index (Phi) is 13.4. The van der Waals surface area contributed by atoms with Crippen LogP contribution in [0.15, 0.2) is 0 Å². The van der Waals surface area contributed by atoms with Gasteiger partial charge in [-0.3, -0.25) is 0 Å². The van der Waals surface area contributed by atoms with Crippen molar-refractivity contribution in [1.82, 2.24) is 0 Å². The number of carbonyl (C=O) groups excluding carboxylic acids is 2. The Morgan fingerprint density at radius 2 is 1.20 bits per heavy atom. The maximum Gasteiger partial charge on any atom is 0.417 e. The van der Waals surface area contributed by atoms with Crippen molar-refractivity contribution in [3.05, 3.63) is 0 Å². The molecule has 0 aromatic carbocycles. The van der Waals surface area contributed by atoms with Gasteiger partial charge in [-0.05, 0) is 25.7 Å². The number of esters is 2. The zero-order valence-corrected chi connectivity index (χ0v) is 16.2. The molecule has 0 radical (unpaired) electrons. The second-order valence-electron chi connectivity index (χ2n) is 7.34. The van der Waals surface area contributed by atoms with Crippen LogP contribution in [0.5, 0.6) is 0 Å². The van der Waals surface area contributed by atoms with Crippen molar-refractivity contribution in [1.29, 1.82) is 0 Å². The summed E-state index contributed by atoms with van der Waals surface area (Å²) in [4.78, 5) is 22.9. The monoisotopic (exact) mass is 354 g/mol. The summed E-state index contributed by atoms with van der Waals surface area (Å²) in [5, 5.41) is 0. The average molecular weight is 355 g/mol. The van der Waals surface area contributed by atoms with Gasteiger partial charge in [-0.2, -0.15) is 0 Å². The molecule has 0 unspecified atom stereocenters. The predicted octanol–water partition coefficient (Wildman–Crippen LogP) is 5.72. The molecule has 1 aliphatic rings. The van der Waals surface area contributed by atoms with Crippen LogP contribution < -0.4 is 0 Å². The summed E-state index contributed by atoms with van der Waals surface area (Å²) in [6, 6.07) is 0. The minimum Gasteiger partial charge on any atom is -0.457 e. The van der Waals surface area contributed by atoms with Crippen molar-refractivity contribution in [2.75, 3.05) is 6.61 Å². The molecule has 0 aromatic rings. The zero-order valence-electron chi connectivity index (χ0n) is 16.2. The van der Waals surface area contributed by atoms with Crippen molar-refractivity contribution in [2.45, 2.75) is 116 Å². The molecule has 0 aliphatic heterocycles. The Bertz CT molecular complexity index is 350. The second-order valence-corrected chi connectivity index (χ2v) is 7.34. The Hall–Kier alpha value is -1.06. The van der Waals surface area contributed by atoms with Crippen molar-refractivity contribution in [3.8, 4) is 0 Å². The molecule has 25 heavy (non-hydrogen) atoms. The summed E-state index contributed by atoms with van der Waals surface area (Å²) < 4.78 is 9.96. The SMILES string of the molecule is CCCCCCCCCCCCCCCOC(=O)C(=O)OC1CCC1. The van der Waals surface area contributed by atoms with Crippen LogP contribution in [0.4, 0.5) is 0 Å². The van der Waals surface area contributed by atoms with E-state index < -0.39 is 11.9 Å². The van der Waals surface area contributed by atoms with E-state index in [-0.39, 0.29) is 6.10 Å². The minimum atomic E-state index is -0.828. The Balaban J connectivity index is 1.76. The highest BCUT2D eigenvalue weighted by Gasteiger charge is 2.26. The third-order valence-corrected chi connectivity index (χ3v) is 4.97. The fourth-order valence-corrected chi connectivity index (χ4v) is 3.03.